The number of halogens is 1. The SMILES string of the molecule is CCOc1cc(CNC(=NC)NCc2ccccc2)ccc1OC.I. The molecule has 5 nitrogen and oxygen atoms in total. The van der Waals surface area contributed by atoms with Crippen molar-refractivity contribution in [2.45, 2.75) is 20.0 Å². The highest BCUT2D eigenvalue weighted by Crippen LogP contribution is 2.27. The van der Waals surface area contributed by atoms with Gasteiger partial charge in [-0.2, -0.15) is 0 Å². The number of aliphatic imine (C=N–C) groups is 1. The van der Waals surface area contributed by atoms with E-state index < -0.39 is 0 Å². The van der Waals surface area contributed by atoms with Crippen LogP contribution >= 0.6 is 24.0 Å². The Morgan fingerprint density at radius 3 is 2.24 bits per heavy atom. The van der Waals surface area contributed by atoms with Gasteiger partial charge >= 0.3 is 0 Å². The average Bonchev–Trinajstić information content (AvgIpc) is 2.63. The Labute approximate surface area is 166 Å². The van der Waals surface area contributed by atoms with E-state index in [1.54, 1.807) is 14.2 Å². The highest BCUT2D eigenvalue weighted by molar-refractivity contribution is 14.0. The number of nitrogens with zero attached hydrogens (tertiary/aromatic N) is 1. The van der Waals surface area contributed by atoms with E-state index in [-0.39, 0.29) is 24.0 Å². The largest absolute Gasteiger partial charge is 0.493 e. The fourth-order valence-corrected chi connectivity index (χ4v) is 2.29. The van der Waals surface area contributed by atoms with E-state index in [1.807, 2.05) is 43.3 Å². The van der Waals surface area contributed by atoms with Crippen molar-refractivity contribution in [3.63, 3.8) is 0 Å². The Morgan fingerprint density at radius 1 is 0.960 bits per heavy atom. The van der Waals surface area contributed by atoms with Crippen molar-refractivity contribution in [1.29, 1.82) is 0 Å². The molecule has 2 N–H and O–H groups in total. The molecular formula is C19H26IN3O2. The van der Waals surface area contributed by atoms with E-state index in [2.05, 4.69) is 27.8 Å². The fourth-order valence-electron chi connectivity index (χ4n) is 2.29. The molecule has 0 fully saturated rings. The van der Waals surface area contributed by atoms with Gasteiger partial charge in [0.1, 0.15) is 0 Å². The van der Waals surface area contributed by atoms with Crippen LogP contribution in [0.15, 0.2) is 53.5 Å². The first-order valence-corrected chi connectivity index (χ1v) is 8.05. The van der Waals surface area contributed by atoms with Gasteiger partial charge in [-0.1, -0.05) is 36.4 Å². The maximum absolute atomic E-state index is 5.61. The summed E-state index contributed by atoms with van der Waals surface area (Å²) in [5, 5.41) is 6.61. The van der Waals surface area contributed by atoms with Crippen LogP contribution in [0.1, 0.15) is 18.1 Å². The number of methoxy groups -OCH3 is 1. The van der Waals surface area contributed by atoms with Gasteiger partial charge in [0.15, 0.2) is 17.5 Å². The van der Waals surface area contributed by atoms with E-state index >= 15 is 0 Å². The van der Waals surface area contributed by atoms with Gasteiger partial charge in [0, 0.05) is 20.1 Å². The van der Waals surface area contributed by atoms with Gasteiger partial charge in [-0.25, -0.2) is 0 Å². The second kappa shape index (κ2) is 11.6. The summed E-state index contributed by atoms with van der Waals surface area (Å²) in [6.45, 7) is 3.94. The average molecular weight is 455 g/mol. The third kappa shape index (κ3) is 6.81. The summed E-state index contributed by atoms with van der Waals surface area (Å²) in [5.41, 5.74) is 2.31. The van der Waals surface area contributed by atoms with Gasteiger partial charge in [-0.3, -0.25) is 4.99 Å². The molecule has 2 rings (SSSR count). The van der Waals surface area contributed by atoms with Crippen LogP contribution in [-0.2, 0) is 13.1 Å². The normalized spacial score (nSPS) is 10.6. The number of benzene rings is 2. The van der Waals surface area contributed by atoms with Crippen LogP contribution in [-0.4, -0.2) is 26.7 Å². The molecule has 2 aromatic carbocycles. The van der Waals surface area contributed by atoms with Crippen LogP contribution in [0, 0.1) is 0 Å². The molecule has 0 aliphatic rings. The van der Waals surface area contributed by atoms with Gasteiger partial charge < -0.3 is 20.1 Å². The summed E-state index contributed by atoms with van der Waals surface area (Å²) < 4.78 is 10.9. The number of guanidine groups is 1. The molecule has 0 atom stereocenters. The van der Waals surface area contributed by atoms with Gasteiger partial charge in [0.05, 0.1) is 13.7 Å². The smallest absolute Gasteiger partial charge is 0.191 e. The Kier molecular flexibility index (Phi) is 9.76. The third-order valence-electron chi connectivity index (χ3n) is 3.51. The summed E-state index contributed by atoms with van der Waals surface area (Å²) in [4.78, 5) is 4.25. The fraction of sp³-hybridized carbons (Fsp3) is 0.316. The second-order valence-corrected chi connectivity index (χ2v) is 5.18. The summed E-state index contributed by atoms with van der Waals surface area (Å²) >= 11 is 0. The van der Waals surface area contributed by atoms with Gasteiger partial charge in [-0.15, -0.1) is 24.0 Å². The first-order valence-electron chi connectivity index (χ1n) is 8.05. The molecule has 136 valence electrons. The van der Waals surface area contributed by atoms with Crippen LogP contribution in [0.5, 0.6) is 11.5 Å². The van der Waals surface area contributed by atoms with E-state index in [1.165, 1.54) is 5.56 Å². The number of hydrogen-bond acceptors (Lipinski definition) is 3. The highest BCUT2D eigenvalue weighted by atomic mass is 127. The summed E-state index contributed by atoms with van der Waals surface area (Å²) in [7, 11) is 3.41. The molecule has 0 spiro atoms. The first kappa shape index (κ1) is 21.1. The Bertz CT molecular complexity index is 663. The second-order valence-electron chi connectivity index (χ2n) is 5.18. The van der Waals surface area contributed by atoms with Gasteiger partial charge in [0.2, 0.25) is 0 Å². The van der Waals surface area contributed by atoms with E-state index in [4.69, 9.17) is 9.47 Å². The zero-order valence-electron chi connectivity index (χ0n) is 14.9. The van der Waals surface area contributed by atoms with Crippen LogP contribution in [0.2, 0.25) is 0 Å². The molecule has 2 aromatic rings. The Balaban J connectivity index is 0.00000312. The molecule has 0 amide bonds. The predicted octanol–water partition coefficient (Wildman–Crippen LogP) is 3.58. The lowest BCUT2D eigenvalue weighted by Crippen LogP contribution is -2.36. The standard InChI is InChI=1S/C19H25N3O2.HI/c1-4-24-18-12-16(10-11-17(18)23-3)14-22-19(20-2)21-13-15-8-6-5-7-9-15;/h5-12H,4,13-14H2,1-3H3,(H2,20,21,22);1H. The zero-order chi connectivity index (χ0) is 17.2. The quantitative estimate of drug-likeness (QED) is 0.381. The van der Waals surface area contributed by atoms with Crippen molar-refractivity contribution in [2.24, 2.45) is 4.99 Å². The predicted molar refractivity (Wildman–Crippen MR) is 113 cm³/mol. The molecule has 0 radical (unpaired) electrons. The molecule has 0 aliphatic carbocycles. The van der Waals surface area contributed by atoms with Crippen molar-refractivity contribution in [3.05, 3.63) is 59.7 Å². The summed E-state index contributed by atoms with van der Waals surface area (Å²) in [5.74, 6) is 2.26. The Morgan fingerprint density at radius 2 is 1.64 bits per heavy atom. The molecule has 0 heterocycles. The third-order valence-corrected chi connectivity index (χ3v) is 3.51. The van der Waals surface area contributed by atoms with Crippen LogP contribution in [0.25, 0.3) is 0 Å². The molecule has 0 saturated carbocycles. The number of hydrogen-bond donors (Lipinski definition) is 2. The minimum atomic E-state index is 0. The number of nitrogens with one attached hydrogen (secondary N) is 2. The topological polar surface area (TPSA) is 54.9 Å². The van der Waals surface area contributed by atoms with Crippen molar-refractivity contribution in [3.8, 4) is 11.5 Å². The molecule has 0 unspecified atom stereocenters. The van der Waals surface area contributed by atoms with Crippen LogP contribution in [0.3, 0.4) is 0 Å². The molecule has 6 heteroatoms. The van der Waals surface area contributed by atoms with E-state index in [9.17, 15) is 0 Å². The van der Waals surface area contributed by atoms with Crippen molar-refractivity contribution < 1.29 is 9.47 Å². The first-order chi connectivity index (χ1) is 11.8. The molecule has 0 bridgehead atoms. The molecule has 0 aliphatic heterocycles. The van der Waals surface area contributed by atoms with E-state index in [0.29, 0.717) is 13.2 Å². The number of ether oxygens (including phenoxy) is 2. The van der Waals surface area contributed by atoms with Crippen molar-refractivity contribution in [1.82, 2.24) is 10.6 Å². The molecule has 0 saturated heterocycles. The van der Waals surface area contributed by atoms with Crippen molar-refractivity contribution >= 4 is 29.9 Å². The molecular weight excluding hydrogens is 429 g/mol. The van der Waals surface area contributed by atoms with Crippen molar-refractivity contribution in [2.75, 3.05) is 20.8 Å². The monoisotopic (exact) mass is 455 g/mol. The highest BCUT2D eigenvalue weighted by Gasteiger charge is 2.06. The van der Waals surface area contributed by atoms with Gasteiger partial charge in [0.25, 0.3) is 0 Å². The minimum absolute atomic E-state index is 0. The van der Waals surface area contributed by atoms with Crippen LogP contribution in [0.4, 0.5) is 0 Å². The molecule has 0 aromatic heterocycles. The minimum Gasteiger partial charge on any atom is -0.493 e. The summed E-state index contributed by atoms with van der Waals surface area (Å²) in [6.07, 6.45) is 0. The lowest BCUT2D eigenvalue weighted by atomic mass is 10.2. The van der Waals surface area contributed by atoms with Crippen LogP contribution < -0.4 is 20.1 Å². The zero-order valence-corrected chi connectivity index (χ0v) is 17.2. The Hall–Kier alpha value is -1.96. The lowest BCUT2D eigenvalue weighted by Gasteiger charge is -2.14. The maximum atomic E-state index is 5.61. The summed E-state index contributed by atoms with van der Waals surface area (Å²) in [6, 6.07) is 16.1. The lowest BCUT2D eigenvalue weighted by molar-refractivity contribution is 0.310. The molecule has 25 heavy (non-hydrogen) atoms. The maximum Gasteiger partial charge on any atom is 0.191 e. The number of rotatable bonds is 7. The van der Waals surface area contributed by atoms with Gasteiger partial charge in [-0.05, 0) is 30.2 Å². The van der Waals surface area contributed by atoms with E-state index in [0.717, 1.165) is 29.6 Å².